The number of anilines is 1. The van der Waals surface area contributed by atoms with Crippen molar-refractivity contribution < 1.29 is 27.4 Å². The van der Waals surface area contributed by atoms with Crippen molar-refractivity contribution in [3.8, 4) is 11.5 Å². The number of hydrogen-bond donors (Lipinski definition) is 3. The molecule has 0 bridgehead atoms. The lowest BCUT2D eigenvalue weighted by Crippen LogP contribution is -2.39. The number of hydrogen-bond acceptors (Lipinski definition) is 4. The van der Waals surface area contributed by atoms with Gasteiger partial charge in [0, 0.05) is 13.1 Å². The summed E-state index contributed by atoms with van der Waals surface area (Å²) in [6.07, 6.45) is 0.650. The minimum absolute atomic E-state index is 0.343. The van der Waals surface area contributed by atoms with Gasteiger partial charge in [0.1, 0.15) is 6.54 Å². The highest BCUT2D eigenvalue weighted by atomic mass is 19.2. The summed E-state index contributed by atoms with van der Waals surface area (Å²) in [4.78, 5) is 16.1. The van der Waals surface area contributed by atoms with Crippen LogP contribution < -0.4 is 25.4 Å². The van der Waals surface area contributed by atoms with Gasteiger partial charge in [-0.05, 0) is 43.2 Å². The minimum Gasteiger partial charge on any atom is -0.493 e. The van der Waals surface area contributed by atoms with Gasteiger partial charge >= 0.3 is 0 Å². The van der Waals surface area contributed by atoms with Crippen LogP contribution in [0.25, 0.3) is 0 Å². The summed E-state index contributed by atoms with van der Waals surface area (Å²) in [5, 5.41) is 8.25. The number of benzene rings is 2. The quantitative estimate of drug-likeness (QED) is 0.319. The Morgan fingerprint density at radius 2 is 1.74 bits per heavy atom. The van der Waals surface area contributed by atoms with Crippen LogP contribution in [0.15, 0.2) is 35.3 Å². The molecule has 3 N–H and O–H groups in total. The monoisotopic (exact) mass is 438 g/mol. The van der Waals surface area contributed by atoms with Gasteiger partial charge in [0.15, 0.2) is 34.9 Å². The molecule has 0 radical (unpaired) electrons. The van der Waals surface area contributed by atoms with Crippen LogP contribution >= 0.6 is 0 Å². The fraction of sp³-hybridized carbons (Fsp3) is 0.333. The third-order valence-corrected chi connectivity index (χ3v) is 4.19. The molecule has 0 unspecified atom stereocenters. The second-order valence-corrected chi connectivity index (χ2v) is 6.33. The Labute approximate surface area is 178 Å². The van der Waals surface area contributed by atoms with Crippen molar-refractivity contribution in [1.29, 1.82) is 0 Å². The second kappa shape index (κ2) is 11.7. The third kappa shape index (κ3) is 6.80. The van der Waals surface area contributed by atoms with Gasteiger partial charge < -0.3 is 25.4 Å². The number of guanidine groups is 1. The maximum atomic E-state index is 13.7. The van der Waals surface area contributed by atoms with Gasteiger partial charge in [-0.25, -0.2) is 18.2 Å². The molecule has 7 nitrogen and oxygen atoms in total. The number of carbonyl (C=O) groups excluding carboxylic acids is 1. The van der Waals surface area contributed by atoms with E-state index in [1.165, 1.54) is 0 Å². The smallest absolute Gasteiger partial charge is 0.246 e. The van der Waals surface area contributed by atoms with Crippen molar-refractivity contribution in [2.24, 2.45) is 4.99 Å². The molecule has 1 amide bonds. The number of rotatable bonds is 9. The number of nitrogens with zero attached hydrogens (tertiary/aromatic N) is 1. The third-order valence-electron chi connectivity index (χ3n) is 4.19. The molecule has 10 heteroatoms. The van der Waals surface area contributed by atoms with Crippen LogP contribution in [0.1, 0.15) is 12.5 Å². The Bertz CT molecular complexity index is 938. The van der Waals surface area contributed by atoms with E-state index >= 15 is 0 Å². The molecular formula is C21H25F3N4O3. The normalized spacial score (nSPS) is 11.1. The predicted molar refractivity (Wildman–Crippen MR) is 112 cm³/mol. The summed E-state index contributed by atoms with van der Waals surface area (Å²) >= 11 is 0. The highest BCUT2D eigenvalue weighted by Crippen LogP contribution is 2.27. The lowest BCUT2D eigenvalue weighted by atomic mass is 10.1. The van der Waals surface area contributed by atoms with Crippen molar-refractivity contribution in [2.75, 3.05) is 39.2 Å². The molecule has 2 aromatic carbocycles. The highest BCUT2D eigenvalue weighted by molar-refractivity contribution is 5.94. The minimum atomic E-state index is -1.65. The molecule has 0 aromatic heterocycles. The number of aliphatic imine (C=N–C) groups is 1. The van der Waals surface area contributed by atoms with E-state index in [1.54, 1.807) is 14.2 Å². The zero-order valence-corrected chi connectivity index (χ0v) is 17.5. The van der Waals surface area contributed by atoms with Gasteiger partial charge in [0.05, 0.1) is 19.9 Å². The van der Waals surface area contributed by atoms with Crippen LogP contribution in [0.3, 0.4) is 0 Å². The standard InChI is InChI=1S/C21H25F3N4O3/c1-4-25-21(26-10-9-13-5-8-16(30-2)17(11-13)31-3)27-12-18(29)28-15-7-6-14(22)19(23)20(15)24/h5-8,11H,4,9-10,12H2,1-3H3,(H,28,29)(H2,25,26,27). The van der Waals surface area contributed by atoms with Gasteiger partial charge in [-0.3, -0.25) is 4.79 Å². The van der Waals surface area contributed by atoms with E-state index in [1.807, 2.05) is 25.1 Å². The first-order valence-corrected chi connectivity index (χ1v) is 9.56. The highest BCUT2D eigenvalue weighted by Gasteiger charge is 2.15. The predicted octanol–water partition coefficient (Wildman–Crippen LogP) is 2.86. The first-order chi connectivity index (χ1) is 14.9. The molecule has 2 rings (SSSR count). The van der Waals surface area contributed by atoms with Gasteiger partial charge in [0.25, 0.3) is 0 Å². The van der Waals surface area contributed by atoms with E-state index in [0.717, 1.165) is 17.7 Å². The van der Waals surface area contributed by atoms with Gasteiger partial charge in [-0.2, -0.15) is 0 Å². The van der Waals surface area contributed by atoms with Crippen molar-refractivity contribution in [1.82, 2.24) is 10.6 Å². The lowest BCUT2D eigenvalue weighted by molar-refractivity contribution is -0.114. The van der Waals surface area contributed by atoms with Gasteiger partial charge in [-0.15, -0.1) is 0 Å². The molecule has 0 heterocycles. The molecule has 168 valence electrons. The van der Waals surface area contributed by atoms with Crippen LogP contribution in [-0.4, -0.2) is 45.7 Å². The molecule has 0 saturated heterocycles. The molecule has 0 aliphatic carbocycles. The van der Waals surface area contributed by atoms with Crippen molar-refractivity contribution in [3.63, 3.8) is 0 Å². The van der Waals surface area contributed by atoms with E-state index < -0.39 is 29.0 Å². The second-order valence-electron chi connectivity index (χ2n) is 6.33. The number of amides is 1. The number of ether oxygens (including phenoxy) is 2. The largest absolute Gasteiger partial charge is 0.493 e. The van der Waals surface area contributed by atoms with E-state index in [2.05, 4.69) is 20.9 Å². The maximum Gasteiger partial charge on any atom is 0.246 e. The van der Waals surface area contributed by atoms with E-state index in [9.17, 15) is 18.0 Å². The van der Waals surface area contributed by atoms with Crippen LogP contribution in [0, 0.1) is 17.5 Å². The average Bonchev–Trinajstić information content (AvgIpc) is 2.77. The Morgan fingerprint density at radius 1 is 1.00 bits per heavy atom. The topological polar surface area (TPSA) is 84.0 Å². The van der Waals surface area contributed by atoms with E-state index in [0.29, 0.717) is 37.0 Å². The fourth-order valence-corrected chi connectivity index (χ4v) is 2.67. The number of halogens is 3. The van der Waals surface area contributed by atoms with Crippen LogP contribution in [0.2, 0.25) is 0 Å². The van der Waals surface area contributed by atoms with Crippen molar-refractivity contribution in [2.45, 2.75) is 13.3 Å². The van der Waals surface area contributed by atoms with Crippen LogP contribution in [0.4, 0.5) is 18.9 Å². The summed E-state index contributed by atoms with van der Waals surface area (Å²) < 4.78 is 50.4. The maximum absolute atomic E-state index is 13.7. The molecule has 31 heavy (non-hydrogen) atoms. The summed E-state index contributed by atoms with van der Waals surface area (Å²) in [5.74, 6) is -3.48. The zero-order valence-electron chi connectivity index (χ0n) is 17.5. The van der Waals surface area contributed by atoms with Gasteiger partial charge in [-0.1, -0.05) is 6.07 Å². The Kier molecular flexibility index (Phi) is 8.98. The fourth-order valence-electron chi connectivity index (χ4n) is 2.67. The number of nitrogens with one attached hydrogen (secondary N) is 3. The van der Waals surface area contributed by atoms with E-state index in [4.69, 9.17) is 9.47 Å². The summed E-state index contributed by atoms with van der Waals surface area (Å²) in [6, 6.07) is 7.28. The molecule has 0 spiro atoms. The Hall–Kier alpha value is -3.43. The lowest BCUT2D eigenvalue weighted by Gasteiger charge is -2.13. The zero-order chi connectivity index (χ0) is 22.8. The van der Waals surface area contributed by atoms with E-state index in [-0.39, 0.29) is 6.54 Å². The molecule has 0 aliphatic rings. The van der Waals surface area contributed by atoms with Crippen LogP contribution in [0.5, 0.6) is 11.5 Å². The Morgan fingerprint density at radius 3 is 2.42 bits per heavy atom. The number of carbonyl (C=O) groups is 1. The molecule has 0 saturated carbocycles. The first kappa shape index (κ1) is 23.8. The van der Waals surface area contributed by atoms with Crippen molar-refractivity contribution in [3.05, 3.63) is 53.3 Å². The summed E-state index contributed by atoms with van der Waals surface area (Å²) in [5.41, 5.74) is 0.554. The molecule has 0 fully saturated rings. The summed E-state index contributed by atoms with van der Waals surface area (Å²) in [6.45, 7) is 2.59. The molecule has 0 atom stereocenters. The molecule has 2 aromatic rings. The van der Waals surface area contributed by atoms with Gasteiger partial charge in [0.2, 0.25) is 5.91 Å². The van der Waals surface area contributed by atoms with Crippen LogP contribution in [-0.2, 0) is 11.2 Å². The average molecular weight is 438 g/mol. The number of methoxy groups -OCH3 is 2. The molecule has 0 aliphatic heterocycles. The Balaban J connectivity index is 1.93. The first-order valence-electron chi connectivity index (χ1n) is 9.56. The SMILES string of the molecule is CCNC(=NCC(=O)Nc1ccc(F)c(F)c1F)NCCc1ccc(OC)c(OC)c1. The van der Waals surface area contributed by atoms with Crippen molar-refractivity contribution >= 4 is 17.6 Å². The summed E-state index contributed by atoms with van der Waals surface area (Å²) in [7, 11) is 3.13. The molecular weight excluding hydrogens is 413 g/mol.